The zero-order valence-electron chi connectivity index (χ0n) is 15.7. The predicted molar refractivity (Wildman–Crippen MR) is 98.5 cm³/mol. The maximum absolute atomic E-state index is 12.5. The van der Waals surface area contributed by atoms with Crippen LogP contribution in [0.4, 0.5) is 0 Å². The molecule has 26 heavy (non-hydrogen) atoms. The molecule has 0 fully saturated rings. The van der Waals surface area contributed by atoms with Crippen LogP contribution in [0, 0.1) is 13.8 Å². The number of aromatic nitrogens is 3. The molecule has 0 bridgehead atoms. The van der Waals surface area contributed by atoms with Crippen molar-refractivity contribution < 1.29 is 14.7 Å². The van der Waals surface area contributed by atoms with Crippen molar-refractivity contribution in [2.45, 2.75) is 53.1 Å². The van der Waals surface area contributed by atoms with Gasteiger partial charge in [0.1, 0.15) is 0 Å². The Morgan fingerprint density at radius 2 is 1.96 bits per heavy atom. The van der Waals surface area contributed by atoms with Crippen molar-refractivity contribution >= 4 is 12.4 Å². The molecule has 0 aliphatic carbocycles. The number of carbonyl (C=O) groups excluding carboxylic acids is 1. The van der Waals surface area contributed by atoms with E-state index in [0.29, 0.717) is 17.8 Å². The van der Waals surface area contributed by atoms with Crippen molar-refractivity contribution in [3.8, 4) is 0 Å². The van der Waals surface area contributed by atoms with Gasteiger partial charge in [-0.15, -0.1) is 0 Å². The summed E-state index contributed by atoms with van der Waals surface area (Å²) >= 11 is 0. The highest BCUT2D eigenvalue weighted by molar-refractivity contribution is 5.95. The Morgan fingerprint density at radius 3 is 2.46 bits per heavy atom. The summed E-state index contributed by atoms with van der Waals surface area (Å²) in [6.45, 7) is 10.1. The summed E-state index contributed by atoms with van der Waals surface area (Å²) in [5.74, 6) is -0.116. The number of aromatic amines is 1. The third-order valence-corrected chi connectivity index (χ3v) is 3.70. The number of carboxylic acid groups (broad SMARTS) is 1. The summed E-state index contributed by atoms with van der Waals surface area (Å²) < 4.78 is 1.89. The molecule has 0 aliphatic heterocycles. The molecule has 0 spiro atoms. The summed E-state index contributed by atoms with van der Waals surface area (Å²) in [5, 5.41) is 14.3. The molecule has 142 valence electrons. The second-order valence-corrected chi connectivity index (χ2v) is 6.39. The highest BCUT2D eigenvalue weighted by Gasteiger charge is 2.17. The summed E-state index contributed by atoms with van der Waals surface area (Å²) in [6.07, 6.45) is 0. The molecular weight excluding hydrogens is 336 g/mol. The molecule has 8 nitrogen and oxygen atoms in total. The van der Waals surface area contributed by atoms with Crippen molar-refractivity contribution in [3.63, 3.8) is 0 Å². The molecule has 2 aromatic rings. The van der Waals surface area contributed by atoms with Gasteiger partial charge in [0.15, 0.2) is 0 Å². The van der Waals surface area contributed by atoms with E-state index in [2.05, 4.69) is 15.4 Å². The molecule has 1 amide bonds. The molecule has 0 saturated carbocycles. The first-order chi connectivity index (χ1) is 12.2. The average Bonchev–Trinajstić information content (AvgIpc) is 2.85. The quantitative estimate of drug-likeness (QED) is 0.702. The maximum Gasteiger partial charge on any atom is 0.290 e. The van der Waals surface area contributed by atoms with Gasteiger partial charge in [-0.3, -0.25) is 19.1 Å². The molecule has 0 aliphatic rings. The summed E-state index contributed by atoms with van der Waals surface area (Å²) in [6, 6.07) is 4.90. The summed E-state index contributed by atoms with van der Waals surface area (Å²) in [5.41, 5.74) is 3.01. The molecule has 2 rings (SSSR count). The Kier molecular flexibility index (Phi) is 7.77. The van der Waals surface area contributed by atoms with Gasteiger partial charge in [-0.25, -0.2) is 0 Å². The van der Waals surface area contributed by atoms with E-state index in [1.54, 1.807) is 6.07 Å². The fraction of sp³-hybridized carbons (Fsp3) is 0.444. The Hall–Kier alpha value is -2.90. The van der Waals surface area contributed by atoms with E-state index < -0.39 is 0 Å². The molecule has 0 saturated heterocycles. The van der Waals surface area contributed by atoms with Crippen LogP contribution < -0.4 is 10.9 Å². The SMILES string of the molecule is Cc1cc(C)n(CC(C)NC(=O)c2ccc(=O)[nH]c2C(C)C)n1.O=CO. The Balaban J connectivity index is 0.00000105. The van der Waals surface area contributed by atoms with Gasteiger partial charge >= 0.3 is 0 Å². The minimum Gasteiger partial charge on any atom is -0.483 e. The molecule has 8 heteroatoms. The number of H-pyrrole nitrogens is 1. The van der Waals surface area contributed by atoms with E-state index in [9.17, 15) is 9.59 Å². The largest absolute Gasteiger partial charge is 0.483 e. The van der Waals surface area contributed by atoms with Gasteiger partial charge in [-0.05, 0) is 38.8 Å². The second-order valence-electron chi connectivity index (χ2n) is 6.39. The number of nitrogens with zero attached hydrogens (tertiary/aromatic N) is 2. The fourth-order valence-electron chi connectivity index (χ4n) is 2.61. The number of amides is 1. The van der Waals surface area contributed by atoms with Crippen LogP contribution in [-0.2, 0) is 11.3 Å². The third kappa shape index (κ3) is 5.87. The number of rotatable bonds is 5. The normalized spacial score (nSPS) is 11.5. The van der Waals surface area contributed by atoms with E-state index in [-0.39, 0.29) is 29.9 Å². The van der Waals surface area contributed by atoms with Gasteiger partial charge in [-0.1, -0.05) is 13.8 Å². The summed E-state index contributed by atoms with van der Waals surface area (Å²) in [7, 11) is 0. The van der Waals surface area contributed by atoms with E-state index >= 15 is 0 Å². The third-order valence-electron chi connectivity index (χ3n) is 3.70. The van der Waals surface area contributed by atoms with E-state index in [1.807, 2.05) is 45.4 Å². The lowest BCUT2D eigenvalue weighted by molar-refractivity contribution is -0.122. The first-order valence-electron chi connectivity index (χ1n) is 8.32. The topological polar surface area (TPSA) is 117 Å². The van der Waals surface area contributed by atoms with Crippen LogP contribution in [0.3, 0.4) is 0 Å². The summed E-state index contributed by atoms with van der Waals surface area (Å²) in [4.78, 5) is 35.1. The van der Waals surface area contributed by atoms with Gasteiger partial charge < -0.3 is 15.4 Å². The molecule has 2 aromatic heterocycles. The van der Waals surface area contributed by atoms with E-state index in [4.69, 9.17) is 9.90 Å². The van der Waals surface area contributed by atoms with Crippen molar-refractivity contribution in [2.75, 3.05) is 0 Å². The van der Waals surface area contributed by atoms with Crippen LogP contribution in [0.15, 0.2) is 23.0 Å². The smallest absolute Gasteiger partial charge is 0.290 e. The zero-order chi connectivity index (χ0) is 19.9. The van der Waals surface area contributed by atoms with E-state index in [1.165, 1.54) is 6.07 Å². The van der Waals surface area contributed by atoms with Gasteiger partial charge in [0.25, 0.3) is 12.4 Å². The average molecular weight is 362 g/mol. The van der Waals surface area contributed by atoms with Crippen LogP contribution in [0.1, 0.15) is 54.1 Å². The second kappa shape index (κ2) is 9.55. The van der Waals surface area contributed by atoms with Crippen LogP contribution >= 0.6 is 0 Å². The number of hydrogen-bond donors (Lipinski definition) is 3. The van der Waals surface area contributed by atoms with Gasteiger partial charge in [0, 0.05) is 23.5 Å². The van der Waals surface area contributed by atoms with Crippen molar-refractivity contribution in [2.24, 2.45) is 0 Å². The molecule has 2 heterocycles. The Bertz CT molecular complexity index is 808. The van der Waals surface area contributed by atoms with Gasteiger partial charge in [0.2, 0.25) is 5.56 Å². The number of aryl methyl sites for hydroxylation is 2. The lowest BCUT2D eigenvalue weighted by atomic mass is 10.0. The fourth-order valence-corrected chi connectivity index (χ4v) is 2.61. The standard InChI is InChI=1S/C17H24N4O2.CH2O2/c1-10(2)16-14(6-7-15(22)19-16)17(23)18-12(4)9-21-13(5)8-11(3)20-21;2-1-3/h6-8,10,12H,9H2,1-5H3,(H,18,23)(H,19,22);1H,(H,2,3). The maximum atomic E-state index is 12.5. The lowest BCUT2D eigenvalue weighted by Crippen LogP contribution is -2.37. The number of carbonyl (C=O) groups is 2. The molecule has 1 atom stereocenters. The van der Waals surface area contributed by atoms with Crippen LogP contribution in [0.5, 0.6) is 0 Å². The number of pyridine rings is 1. The molecule has 0 aromatic carbocycles. The van der Waals surface area contributed by atoms with Crippen LogP contribution in [0.2, 0.25) is 0 Å². The minimum atomic E-state index is -0.250. The predicted octanol–water partition coefficient (Wildman–Crippen LogP) is 1.83. The first-order valence-corrected chi connectivity index (χ1v) is 8.32. The number of hydrogen-bond acceptors (Lipinski definition) is 4. The van der Waals surface area contributed by atoms with Crippen LogP contribution in [-0.4, -0.2) is 38.3 Å². The number of nitrogens with one attached hydrogen (secondary N) is 2. The van der Waals surface area contributed by atoms with E-state index in [0.717, 1.165) is 11.4 Å². The molecule has 1 unspecified atom stereocenters. The van der Waals surface area contributed by atoms with Crippen molar-refractivity contribution in [3.05, 3.63) is 51.2 Å². The molecule has 3 N–H and O–H groups in total. The zero-order valence-corrected chi connectivity index (χ0v) is 15.7. The van der Waals surface area contributed by atoms with Crippen molar-refractivity contribution in [1.82, 2.24) is 20.1 Å². The van der Waals surface area contributed by atoms with Gasteiger partial charge in [0.05, 0.1) is 17.8 Å². The highest BCUT2D eigenvalue weighted by Crippen LogP contribution is 2.15. The monoisotopic (exact) mass is 362 g/mol. The first kappa shape index (κ1) is 21.1. The molecular formula is C18H26N4O4. The Labute approximate surface area is 152 Å². The van der Waals surface area contributed by atoms with Gasteiger partial charge in [-0.2, -0.15) is 5.10 Å². The minimum absolute atomic E-state index is 0.0657. The highest BCUT2D eigenvalue weighted by atomic mass is 16.3. The Morgan fingerprint density at radius 1 is 1.35 bits per heavy atom. The van der Waals surface area contributed by atoms with Crippen molar-refractivity contribution in [1.29, 1.82) is 0 Å². The molecule has 0 radical (unpaired) electrons. The lowest BCUT2D eigenvalue weighted by Gasteiger charge is -2.17. The van der Waals surface area contributed by atoms with Crippen LogP contribution in [0.25, 0.3) is 0 Å².